The average molecular weight is 477 g/mol. The van der Waals surface area contributed by atoms with Crippen molar-refractivity contribution in [3.8, 4) is 5.75 Å². The van der Waals surface area contributed by atoms with E-state index in [0.717, 1.165) is 23.3 Å². The van der Waals surface area contributed by atoms with Gasteiger partial charge in [-0.15, -0.1) is 0 Å². The summed E-state index contributed by atoms with van der Waals surface area (Å²) in [5.41, 5.74) is 0.744. The molecule has 2 fully saturated rings. The molecule has 0 saturated carbocycles. The number of nitrogens with one attached hydrogen (secondary N) is 1. The molecule has 2 saturated heterocycles. The summed E-state index contributed by atoms with van der Waals surface area (Å²) < 4.78 is 50.6. The average Bonchev–Trinajstić information content (AvgIpc) is 3.28. The molecule has 4 rings (SSSR count). The van der Waals surface area contributed by atoms with Crippen molar-refractivity contribution in [1.82, 2.24) is 10.2 Å². The Balaban J connectivity index is 1.45. The third kappa shape index (κ3) is 5.39. The van der Waals surface area contributed by atoms with Crippen LogP contribution in [0.25, 0.3) is 0 Å². The van der Waals surface area contributed by atoms with E-state index in [4.69, 9.17) is 9.47 Å². The van der Waals surface area contributed by atoms with E-state index in [1.54, 1.807) is 0 Å². The summed E-state index contributed by atoms with van der Waals surface area (Å²) in [4.78, 5) is 15.7. The Kier molecular flexibility index (Phi) is 7.19. The molecule has 1 N–H and O–H groups in total. The van der Waals surface area contributed by atoms with Gasteiger partial charge >= 0.3 is 6.18 Å². The van der Waals surface area contributed by atoms with Crippen LogP contribution in [0.3, 0.4) is 0 Å². The fourth-order valence-electron chi connectivity index (χ4n) is 4.82. The van der Waals surface area contributed by atoms with Crippen LogP contribution in [-0.2, 0) is 15.7 Å². The number of hydrogen-bond acceptors (Lipinski definition) is 4. The highest BCUT2D eigenvalue weighted by atomic mass is 19.4. The topological polar surface area (TPSA) is 50.8 Å². The van der Waals surface area contributed by atoms with Gasteiger partial charge in [-0.05, 0) is 56.9 Å². The first kappa shape index (κ1) is 24.5. The lowest BCUT2D eigenvalue weighted by Crippen LogP contribution is -2.61. The summed E-state index contributed by atoms with van der Waals surface area (Å²) in [6.45, 7) is 6.08. The summed E-state index contributed by atoms with van der Waals surface area (Å²) in [6.07, 6.45) is -2.93. The smallest absolute Gasteiger partial charge is 0.416 e. The molecule has 184 valence electrons. The van der Waals surface area contributed by atoms with Gasteiger partial charge in [0.05, 0.1) is 11.6 Å². The highest BCUT2D eigenvalue weighted by Gasteiger charge is 2.48. The maximum Gasteiger partial charge on any atom is 0.416 e. The summed E-state index contributed by atoms with van der Waals surface area (Å²) >= 11 is 0. The van der Waals surface area contributed by atoms with Crippen LogP contribution in [0.4, 0.5) is 13.2 Å². The Morgan fingerprint density at radius 1 is 1.18 bits per heavy atom. The lowest BCUT2D eigenvalue weighted by molar-refractivity contribution is -0.141. The van der Waals surface area contributed by atoms with Crippen molar-refractivity contribution in [3.63, 3.8) is 0 Å². The molecule has 0 aromatic heterocycles. The minimum Gasteiger partial charge on any atom is -0.489 e. The molecule has 2 aromatic rings. The van der Waals surface area contributed by atoms with Crippen molar-refractivity contribution in [2.45, 2.75) is 57.0 Å². The monoisotopic (exact) mass is 476 g/mol. The molecule has 34 heavy (non-hydrogen) atoms. The largest absolute Gasteiger partial charge is 0.489 e. The van der Waals surface area contributed by atoms with E-state index in [1.807, 2.05) is 38.1 Å². The molecule has 1 unspecified atom stereocenters. The zero-order valence-corrected chi connectivity index (χ0v) is 19.5. The molecule has 2 atom stereocenters. The van der Waals surface area contributed by atoms with E-state index in [1.165, 1.54) is 12.1 Å². The van der Waals surface area contributed by atoms with Gasteiger partial charge in [-0.25, -0.2) is 0 Å². The Hall–Kier alpha value is -2.58. The molecule has 0 radical (unpaired) electrons. The van der Waals surface area contributed by atoms with E-state index < -0.39 is 17.3 Å². The standard InChI is InChI=1S/C26H31F3N2O3/c1-18-6-8-20(9-7-18)19(2)30-24(32)25(11-14-33-15-12-25)31-13-10-23(17-31)34-22-5-3-4-21(16-22)26(27,28)29/h3-9,16,19,23H,10-15,17H2,1-2H3,(H,30,32)/t19?,23-/m1/s1. The molecule has 2 aromatic carbocycles. The van der Waals surface area contributed by atoms with Gasteiger partial charge in [0.1, 0.15) is 17.4 Å². The number of hydrogen-bond donors (Lipinski definition) is 1. The van der Waals surface area contributed by atoms with Gasteiger partial charge in [0.25, 0.3) is 0 Å². The molecule has 2 aliphatic rings. The number of rotatable bonds is 6. The number of alkyl halides is 3. The molecule has 2 aliphatic heterocycles. The molecule has 8 heteroatoms. The number of halogens is 3. The molecule has 2 heterocycles. The number of benzene rings is 2. The normalized spacial score (nSPS) is 21.7. The maximum absolute atomic E-state index is 13.6. The van der Waals surface area contributed by atoms with Crippen LogP contribution in [0.2, 0.25) is 0 Å². The first-order chi connectivity index (χ1) is 16.2. The number of nitrogens with zero attached hydrogens (tertiary/aromatic N) is 1. The number of aryl methyl sites for hydroxylation is 1. The predicted molar refractivity (Wildman–Crippen MR) is 123 cm³/mol. The Bertz CT molecular complexity index is 988. The van der Waals surface area contributed by atoms with E-state index in [-0.39, 0.29) is 23.8 Å². The molecule has 1 amide bonds. The van der Waals surface area contributed by atoms with Crippen molar-refractivity contribution in [1.29, 1.82) is 0 Å². The Labute approximate surface area is 198 Å². The zero-order chi connectivity index (χ0) is 24.3. The van der Waals surface area contributed by atoms with Gasteiger partial charge in [0.2, 0.25) is 5.91 Å². The minimum atomic E-state index is -4.42. The van der Waals surface area contributed by atoms with Gasteiger partial charge in [0.15, 0.2) is 0 Å². The van der Waals surface area contributed by atoms with Crippen molar-refractivity contribution < 1.29 is 27.4 Å². The number of carbonyl (C=O) groups is 1. The quantitative estimate of drug-likeness (QED) is 0.645. The van der Waals surface area contributed by atoms with Gasteiger partial charge in [-0.1, -0.05) is 35.9 Å². The summed E-state index contributed by atoms with van der Waals surface area (Å²) in [5.74, 6) is 0.156. The third-order valence-corrected chi connectivity index (χ3v) is 6.88. The van der Waals surface area contributed by atoms with Crippen LogP contribution in [0.5, 0.6) is 5.75 Å². The maximum atomic E-state index is 13.6. The van der Waals surface area contributed by atoms with E-state index >= 15 is 0 Å². The van der Waals surface area contributed by atoms with E-state index in [0.29, 0.717) is 45.6 Å². The number of ether oxygens (including phenoxy) is 2. The molecular formula is C26H31F3N2O3. The van der Waals surface area contributed by atoms with Gasteiger partial charge in [-0.3, -0.25) is 9.69 Å². The van der Waals surface area contributed by atoms with E-state index in [9.17, 15) is 18.0 Å². The first-order valence-electron chi connectivity index (χ1n) is 11.7. The fourth-order valence-corrected chi connectivity index (χ4v) is 4.82. The second-order valence-corrected chi connectivity index (χ2v) is 9.25. The Morgan fingerprint density at radius 3 is 2.56 bits per heavy atom. The summed E-state index contributed by atoms with van der Waals surface area (Å²) in [5, 5.41) is 3.19. The van der Waals surface area contributed by atoms with Crippen LogP contribution >= 0.6 is 0 Å². The Morgan fingerprint density at radius 2 is 1.88 bits per heavy atom. The molecule has 5 nitrogen and oxygen atoms in total. The predicted octanol–water partition coefficient (Wildman–Crippen LogP) is 4.89. The summed E-state index contributed by atoms with van der Waals surface area (Å²) in [6, 6.07) is 12.9. The van der Waals surface area contributed by atoms with Crippen LogP contribution in [0, 0.1) is 6.92 Å². The van der Waals surface area contributed by atoms with Gasteiger partial charge in [-0.2, -0.15) is 13.2 Å². The summed E-state index contributed by atoms with van der Waals surface area (Å²) in [7, 11) is 0. The van der Waals surface area contributed by atoms with Crippen LogP contribution < -0.4 is 10.1 Å². The van der Waals surface area contributed by atoms with E-state index in [2.05, 4.69) is 10.2 Å². The van der Waals surface area contributed by atoms with Crippen LogP contribution in [-0.4, -0.2) is 48.8 Å². The minimum absolute atomic E-state index is 0.0383. The number of carbonyl (C=O) groups excluding carboxylic acids is 1. The fraction of sp³-hybridized carbons (Fsp3) is 0.500. The SMILES string of the molecule is Cc1ccc(C(C)NC(=O)C2(N3CC[C@@H](Oc4cccc(C(F)(F)F)c4)C3)CCOCC2)cc1. The zero-order valence-electron chi connectivity index (χ0n) is 19.5. The first-order valence-corrected chi connectivity index (χ1v) is 11.7. The lowest BCUT2D eigenvalue weighted by Gasteiger charge is -2.43. The van der Waals surface area contributed by atoms with Gasteiger partial charge in [0, 0.05) is 26.3 Å². The van der Waals surface area contributed by atoms with Crippen molar-refractivity contribution in [2.24, 2.45) is 0 Å². The lowest BCUT2D eigenvalue weighted by atomic mass is 9.86. The molecular weight excluding hydrogens is 445 g/mol. The molecule has 0 spiro atoms. The highest BCUT2D eigenvalue weighted by Crippen LogP contribution is 2.35. The number of likely N-dealkylation sites (tertiary alicyclic amines) is 1. The molecule has 0 bridgehead atoms. The number of amides is 1. The third-order valence-electron chi connectivity index (χ3n) is 6.88. The second kappa shape index (κ2) is 9.96. The highest BCUT2D eigenvalue weighted by molar-refractivity contribution is 5.87. The van der Waals surface area contributed by atoms with Crippen molar-refractivity contribution in [3.05, 3.63) is 65.2 Å². The molecule has 0 aliphatic carbocycles. The van der Waals surface area contributed by atoms with Crippen molar-refractivity contribution in [2.75, 3.05) is 26.3 Å². The second-order valence-electron chi connectivity index (χ2n) is 9.25. The van der Waals surface area contributed by atoms with Gasteiger partial charge < -0.3 is 14.8 Å². The van der Waals surface area contributed by atoms with Crippen LogP contribution in [0.15, 0.2) is 48.5 Å². The van der Waals surface area contributed by atoms with Crippen LogP contribution in [0.1, 0.15) is 48.9 Å². The van der Waals surface area contributed by atoms with Crippen molar-refractivity contribution >= 4 is 5.91 Å².